The van der Waals surface area contributed by atoms with Gasteiger partial charge < -0.3 is 14.5 Å². The Morgan fingerprint density at radius 2 is 2.17 bits per heavy atom. The molecule has 3 aliphatic rings. The molecule has 0 bridgehead atoms. The topological polar surface area (TPSA) is 49.9 Å². The van der Waals surface area contributed by atoms with E-state index in [0.29, 0.717) is 25.4 Å². The lowest BCUT2D eigenvalue weighted by molar-refractivity contribution is -0.146. The zero-order valence-corrected chi connectivity index (χ0v) is 14.9. The second-order valence-electron chi connectivity index (χ2n) is 7.19. The van der Waals surface area contributed by atoms with E-state index in [1.54, 1.807) is 18.9 Å². The Kier molecular flexibility index (Phi) is 5.52. The number of carbonyl (C=O) groups is 2. The number of ether oxygens (including phenoxy) is 1. The monoisotopic (exact) mass is 340 g/mol. The number of likely N-dealkylation sites (tertiary alicyclic amines) is 2. The molecule has 0 aromatic rings. The van der Waals surface area contributed by atoms with E-state index in [1.807, 2.05) is 9.80 Å². The average Bonchev–Trinajstić information content (AvgIpc) is 3.27. The first-order valence-corrected chi connectivity index (χ1v) is 9.94. The molecule has 3 rings (SSSR count). The van der Waals surface area contributed by atoms with Crippen LogP contribution in [-0.2, 0) is 14.3 Å². The lowest BCUT2D eigenvalue weighted by atomic mass is 9.78. The van der Waals surface area contributed by atoms with Gasteiger partial charge in [0.15, 0.2) is 0 Å². The van der Waals surface area contributed by atoms with Gasteiger partial charge in [0.25, 0.3) is 0 Å². The van der Waals surface area contributed by atoms with Crippen LogP contribution in [0.25, 0.3) is 0 Å². The zero-order chi connectivity index (χ0) is 16.3. The fourth-order valence-corrected chi connectivity index (χ4v) is 4.86. The third-order valence-electron chi connectivity index (χ3n) is 5.37. The number of hydrogen-bond acceptors (Lipinski definition) is 4. The van der Waals surface area contributed by atoms with Crippen LogP contribution in [0.1, 0.15) is 32.1 Å². The van der Waals surface area contributed by atoms with E-state index in [4.69, 9.17) is 4.74 Å². The molecule has 0 unspecified atom stereocenters. The molecule has 2 saturated heterocycles. The van der Waals surface area contributed by atoms with Crippen molar-refractivity contribution in [1.29, 1.82) is 0 Å². The highest BCUT2D eigenvalue weighted by Crippen LogP contribution is 2.40. The van der Waals surface area contributed by atoms with Crippen molar-refractivity contribution < 1.29 is 14.3 Å². The third-order valence-corrected chi connectivity index (χ3v) is 6.53. The van der Waals surface area contributed by atoms with E-state index >= 15 is 0 Å². The first-order valence-electron chi connectivity index (χ1n) is 8.78. The molecule has 130 valence electrons. The van der Waals surface area contributed by atoms with Gasteiger partial charge in [0, 0.05) is 33.3 Å². The lowest BCUT2D eigenvalue weighted by Gasteiger charge is -2.39. The Hall–Kier alpha value is -0.750. The number of nitrogens with zero attached hydrogens (tertiary/aromatic N) is 2. The van der Waals surface area contributed by atoms with Crippen molar-refractivity contribution in [3.05, 3.63) is 0 Å². The summed E-state index contributed by atoms with van der Waals surface area (Å²) in [6.07, 6.45) is 5.45. The quantitative estimate of drug-likeness (QED) is 0.707. The maximum absolute atomic E-state index is 12.9. The molecule has 0 aromatic heterocycles. The van der Waals surface area contributed by atoms with Gasteiger partial charge in [-0.05, 0) is 43.8 Å². The van der Waals surface area contributed by atoms with Gasteiger partial charge in [0.1, 0.15) is 0 Å². The molecular weight excluding hydrogens is 312 g/mol. The van der Waals surface area contributed by atoms with Gasteiger partial charge in [-0.2, -0.15) is 11.8 Å². The molecule has 1 spiro atoms. The van der Waals surface area contributed by atoms with E-state index < -0.39 is 0 Å². The van der Waals surface area contributed by atoms with Crippen molar-refractivity contribution in [2.45, 2.75) is 32.1 Å². The van der Waals surface area contributed by atoms with E-state index in [9.17, 15) is 9.59 Å². The first kappa shape index (κ1) is 17.1. The van der Waals surface area contributed by atoms with Gasteiger partial charge in [0.05, 0.1) is 17.8 Å². The highest BCUT2D eigenvalue weighted by molar-refractivity contribution is 7.99. The fraction of sp³-hybridized carbons (Fsp3) is 0.882. The number of rotatable bonds is 7. The second-order valence-corrected chi connectivity index (χ2v) is 8.22. The summed E-state index contributed by atoms with van der Waals surface area (Å²) in [6.45, 7) is 3.45. The Labute approximate surface area is 143 Å². The van der Waals surface area contributed by atoms with Crippen LogP contribution in [0.3, 0.4) is 0 Å². The standard InChI is InChI=1S/C17H28N2O3S/c1-22-10-9-18-7-2-5-17(16(18)21)6-8-19(13-17)15(20)12-23-11-14-3-4-14/h14H,2-13H2,1H3/t17-/m0/s1. The van der Waals surface area contributed by atoms with Crippen molar-refractivity contribution >= 4 is 23.6 Å². The Morgan fingerprint density at radius 1 is 1.35 bits per heavy atom. The maximum Gasteiger partial charge on any atom is 0.232 e. The van der Waals surface area contributed by atoms with Crippen LogP contribution < -0.4 is 0 Å². The normalized spacial score (nSPS) is 28.0. The number of carbonyl (C=O) groups excluding carboxylic acids is 2. The summed E-state index contributed by atoms with van der Waals surface area (Å²) >= 11 is 1.76. The molecule has 5 nitrogen and oxygen atoms in total. The van der Waals surface area contributed by atoms with Crippen molar-refractivity contribution in [2.24, 2.45) is 11.3 Å². The van der Waals surface area contributed by atoms with Gasteiger partial charge in [-0.3, -0.25) is 9.59 Å². The Bertz CT molecular complexity index is 455. The van der Waals surface area contributed by atoms with Crippen molar-refractivity contribution in [2.75, 3.05) is 51.4 Å². The summed E-state index contributed by atoms with van der Waals surface area (Å²) < 4.78 is 5.11. The molecule has 0 radical (unpaired) electrons. The van der Waals surface area contributed by atoms with Crippen LogP contribution in [0, 0.1) is 11.3 Å². The highest BCUT2D eigenvalue weighted by atomic mass is 32.2. The number of piperidine rings is 1. The largest absolute Gasteiger partial charge is 0.383 e. The number of methoxy groups -OCH3 is 1. The molecule has 1 saturated carbocycles. The highest BCUT2D eigenvalue weighted by Gasteiger charge is 2.49. The van der Waals surface area contributed by atoms with E-state index in [-0.39, 0.29) is 17.2 Å². The molecule has 0 aromatic carbocycles. The fourth-order valence-electron chi connectivity index (χ4n) is 3.72. The molecule has 23 heavy (non-hydrogen) atoms. The number of thioether (sulfide) groups is 1. The molecule has 1 aliphatic carbocycles. The predicted molar refractivity (Wildman–Crippen MR) is 91.4 cm³/mol. The number of hydrogen-bond donors (Lipinski definition) is 0. The second kappa shape index (κ2) is 7.43. The summed E-state index contributed by atoms with van der Waals surface area (Å²) in [6, 6.07) is 0. The van der Waals surface area contributed by atoms with Gasteiger partial charge >= 0.3 is 0 Å². The third kappa shape index (κ3) is 4.02. The Balaban J connectivity index is 1.51. The van der Waals surface area contributed by atoms with Crippen LogP contribution >= 0.6 is 11.8 Å². The van der Waals surface area contributed by atoms with Gasteiger partial charge in [0.2, 0.25) is 11.8 Å². The molecule has 6 heteroatoms. The van der Waals surface area contributed by atoms with Gasteiger partial charge in [-0.15, -0.1) is 0 Å². The number of amides is 2. The van der Waals surface area contributed by atoms with Gasteiger partial charge in [-0.25, -0.2) is 0 Å². The summed E-state index contributed by atoms with van der Waals surface area (Å²) in [7, 11) is 1.67. The molecule has 0 N–H and O–H groups in total. The molecule has 2 heterocycles. The molecule has 2 aliphatic heterocycles. The minimum Gasteiger partial charge on any atom is -0.383 e. The minimum absolute atomic E-state index is 0.217. The van der Waals surface area contributed by atoms with E-state index in [1.165, 1.54) is 12.8 Å². The van der Waals surface area contributed by atoms with E-state index in [0.717, 1.165) is 44.0 Å². The van der Waals surface area contributed by atoms with Crippen molar-refractivity contribution in [1.82, 2.24) is 9.80 Å². The van der Waals surface area contributed by atoms with E-state index in [2.05, 4.69) is 0 Å². The summed E-state index contributed by atoms with van der Waals surface area (Å²) in [5.41, 5.74) is -0.317. The Morgan fingerprint density at radius 3 is 2.91 bits per heavy atom. The van der Waals surface area contributed by atoms with Crippen LogP contribution in [0.15, 0.2) is 0 Å². The van der Waals surface area contributed by atoms with Crippen LogP contribution in [0.4, 0.5) is 0 Å². The molecular formula is C17H28N2O3S. The van der Waals surface area contributed by atoms with Crippen molar-refractivity contribution in [3.63, 3.8) is 0 Å². The SMILES string of the molecule is COCCN1CCC[C@@]2(CCN(C(=O)CSCC3CC3)C2)C1=O. The van der Waals surface area contributed by atoms with Crippen molar-refractivity contribution in [3.8, 4) is 0 Å². The summed E-state index contributed by atoms with van der Waals surface area (Å²) in [4.78, 5) is 29.1. The molecule has 1 atom stereocenters. The van der Waals surface area contributed by atoms with Crippen LogP contribution in [-0.4, -0.2) is 73.0 Å². The smallest absolute Gasteiger partial charge is 0.232 e. The van der Waals surface area contributed by atoms with Gasteiger partial charge in [-0.1, -0.05) is 0 Å². The molecule has 3 fully saturated rings. The lowest BCUT2D eigenvalue weighted by Crippen LogP contribution is -2.51. The van der Waals surface area contributed by atoms with Crippen LogP contribution in [0.2, 0.25) is 0 Å². The summed E-state index contributed by atoms with van der Waals surface area (Å²) in [5.74, 6) is 3.01. The molecule has 2 amide bonds. The predicted octanol–water partition coefficient (Wildman–Crippen LogP) is 1.62. The first-order chi connectivity index (χ1) is 11.1. The summed E-state index contributed by atoms with van der Waals surface area (Å²) in [5, 5.41) is 0. The maximum atomic E-state index is 12.9. The minimum atomic E-state index is -0.317. The van der Waals surface area contributed by atoms with Crippen LogP contribution in [0.5, 0.6) is 0 Å². The zero-order valence-electron chi connectivity index (χ0n) is 14.1. The average molecular weight is 340 g/mol.